The first-order valence-corrected chi connectivity index (χ1v) is 20.7. The Morgan fingerprint density at radius 3 is 0.889 bits per heavy atom. The number of hydrogen-bond acceptors (Lipinski definition) is 15. The van der Waals surface area contributed by atoms with Gasteiger partial charge in [-0.25, -0.2) is 27.4 Å². The molecular formula is C6H18O21P6S3. The molecule has 0 aromatic carbocycles. The van der Waals surface area contributed by atoms with E-state index >= 15 is 0 Å². The zero-order valence-electron chi connectivity index (χ0n) is 16.4. The molecular weight excluding hydrogens is 690 g/mol. The Morgan fingerprint density at radius 1 is 0.444 bits per heavy atom. The smallest absolute Gasteiger partial charge is 0.387 e. The Labute approximate surface area is 215 Å². The third-order valence-corrected chi connectivity index (χ3v) is 12.8. The quantitative estimate of drug-likeness (QED) is 0.0912. The predicted octanol–water partition coefficient (Wildman–Crippen LogP) is -0.320. The van der Waals surface area contributed by atoms with Crippen LogP contribution in [0.4, 0.5) is 0 Å². The van der Waals surface area contributed by atoms with E-state index in [0.29, 0.717) is 0 Å². The average molecular weight is 708 g/mol. The molecule has 1 aliphatic carbocycles. The molecule has 9 N–H and O–H groups in total. The lowest BCUT2D eigenvalue weighted by Crippen LogP contribution is -2.64. The molecule has 0 amide bonds. The SMILES string of the molecule is O=P(O)(O)OP(=O)(S)O[C@H]1[C@H](OP(=O)(S)OP(=O)(O)O)[C@@H](O)[C@H](O)[C@H](O)[C@@H]1OP(=O)(S)OP(=O)(O)O. The molecule has 0 radical (unpaired) electrons. The molecule has 0 spiro atoms. The molecule has 216 valence electrons. The van der Waals surface area contributed by atoms with E-state index in [-0.39, 0.29) is 0 Å². The second kappa shape index (κ2) is 12.4. The van der Waals surface area contributed by atoms with Crippen molar-refractivity contribution in [1.82, 2.24) is 0 Å². The maximum absolute atomic E-state index is 12.4. The van der Waals surface area contributed by atoms with E-state index in [4.69, 9.17) is 29.4 Å². The predicted molar refractivity (Wildman–Crippen MR) is 122 cm³/mol. The van der Waals surface area contributed by atoms with Gasteiger partial charge in [0.2, 0.25) is 0 Å². The minimum absolute atomic E-state index is 2.53. The summed E-state index contributed by atoms with van der Waals surface area (Å²) in [7, 11) is -17.0. The van der Waals surface area contributed by atoms with E-state index in [1.54, 1.807) is 0 Å². The van der Waals surface area contributed by atoms with Gasteiger partial charge in [0.1, 0.15) is 36.6 Å². The van der Waals surface area contributed by atoms with Crippen molar-refractivity contribution in [1.29, 1.82) is 0 Å². The summed E-state index contributed by atoms with van der Waals surface area (Å²) >= 11 is 9.61. The Morgan fingerprint density at radius 2 is 0.667 bits per heavy atom. The van der Waals surface area contributed by atoms with Crippen LogP contribution < -0.4 is 0 Å². The van der Waals surface area contributed by atoms with Gasteiger partial charge in [-0.2, -0.15) is 12.9 Å². The molecule has 36 heavy (non-hydrogen) atoms. The highest BCUT2D eigenvalue weighted by molar-refractivity contribution is 8.45. The Hall–Kier alpha value is 1.83. The molecule has 0 aromatic rings. The zero-order chi connectivity index (χ0) is 28.7. The van der Waals surface area contributed by atoms with Gasteiger partial charge in [-0.1, -0.05) is 36.7 Å². The number of phosphoric acid groups is 3. The summed E-state index contributed by atoms with van der Waals surface area (Å²) in [5, 5.41) is 30.6. The van der Waals surface area contributed by atoms with Gasteiger partial charge >= 0.3 is 43.9 Å². The van der Waals surface area contributed by atoms with Gasteiger partial charge < -0.3 is 44.7 Å². The first kappa shape index (κ1) is 35.9. The van der Waals surface area contributed by atoms with Crippen LogP contribution in [0.1, 0.15) is 0 Å². The van der Waals surface area contributed by atoms with Crippen molar-refractivity contribution < 1.29 is 98.6 Å². The Bertz CT molecular complexity index is 1020. The second-order valence-electron chi connectivity index (χ2n) is 6.30. The molecule has 1 rings (SSSR count). The Balaban J connectivity index is 3.59. The van der Waals surface area contributed by atoms with Gasteiger partial charge in [-0.15, -0.1) is 0 Å². The van der Waals surface area contributed by atoms with Crippen LogP contribution in [0.25, 0.3) is 0 Å². The van der Waals surface area contributed by atoms with Gasteiger partial charge in [0, 0.05) is 0 Å². The number of aliphatic hydroxyl groups is 3. The molecule has 0 heterocycles. The molecule has 30 heteroatoms. The van der Waals surface area contributed by atoms with Crippen molar-refractivity contribution in [2.75, 3.05) is 0 Å². The van der Waals surface area contributed by atoms with Crippen molar-refractivity contribution in [3.05, 3.63) is 0 Å². The average Bonchev–Trinajstić information content (AvgIpc) is 2.53. The number of thiol groups is 3. The fraction of sp³-hybridized carbons (Fsp3) is 1.00. The lowest BCUT2D eigenvalue weighted by Gasteiger charge is -2.45. The van der Waals surface area contributed by atoms with Gasteiger partial charge in [-0.05, 0) is 0 Å². The normalized spacial score (nSPS) is 33.3. The van der Waals surface area contributed by atoms with Crippen molar-refractivity contribution in [3.8, 4) is 0 Å². The molecule has 0 aliphatic heterocycles. The van der Waals surface area contributed by atoms with Gasteiger partial charge in [-0.3, -0.25) is 13.6 Å². The highest BCUT2D eigenvalue weighted by atomic mass is 32.7. The highest BCUT2D eigenvalue weighted by Crippen LogP contribution is 2.69. The molecule has 1 saturated carbocycles. The van der Waals surface area contributed by atoms with Gasteiger partial charge in [0.25, 0.3) is 0 Å². The maximum atomic E-state index is 12.4. The molecule has 0 aromatic heterocycles. The topological polar surface area (TPSA) is 340 Å². The van der Waals surface area contributed by atoms with E-state index in [2.05, 4.69) is 63.2 Å². The van der Waals surface area contributed by atoms with Crippen molar-refractivity contribution in [2.45, 2.75) is 36.6 Å². The zero-order valence-corrected chi connectivity index (χ0v) is 24.5. The van der Waals surface area contributed by atoms with E-state index in [0.717, 1.165) is 0 Å². The summed E-state index contributed by atoms with van der Waals surface area (Å²) in [6.45, 7) is -16.1. The third kappa shape index (κ3) is 12.6. The first-order valence-electron chi connectivity index (χ1n) is 8.02. The van der Waals surface area contributed by atoms with Gasteiger partial charge in [0.15, 0.2) is 0 Å². The molecule has 0 bridgehead atoms. The van der Waals surface area contributed by atoms with Crippen LogP contribution in [0.2, 0.25) is 0 Å². The number of rotatable bonds is 12. The van der Waals surface area contributed by atoms with Crippen molar-refractivity contribution >= 4 is 80.6 Å². The summed E-state index contributed by atoms with van der Waals surface area (Å²) in [6, 6.07) is 0. The molecule has 1 aliphatic rings. The molecule has 1 fully saturated rings. The summed E-state index contributed by atoms with van der Waals surface area (Å²) in [5.41, 5.74) is 0. The van der Waals surface area contributed by atoms with E-state index in [1.807, 2.05) is 0 Å². The number of hydrogen-bond donors (Lipinski definition) is 12. The van der Waals surface area contributed by atoms with Crippen LogP contribution >= 0.6 is 80.6 Å². The second-order valence-corrected chi connectivity index (χ2v) is 19.1. The molecule has 0 saturated heterocycles. The van der Waals surface area contributed by atoms with E-state index in [9.17, 15) is 42.7 Å². The maximum Gasteiger partial charge on any atom is 0.477 e. The lowest BCUT2D eigenvalue weighted by atomic mass is 9.85. The van der Waals surface area contributed by atoms with Crippen LogP contribution in [0, 0.1) is 0 Å². The third-order valence-electron chi connectivity index (χ3n) is 3.41. The minimum atomic E-state index is -5.69. The highest BCUT2D eigenvalue weighted by Gasteiger charge is 2.57. The van der Waals surface area contributed by atoms with Crippen molar-refractivity contribution in [2.24, 2.45) is 0 Å². The number of aliphatic hydroxyl groups excluding tert-OH is 3. The summed E-state index contributed by atoms with van der Waals surface area (Å²) in [6.07, 6.45) is -15.7. The molecule has 21 nitrogen and oxygen atoms in total. The molecule has 3 unspecified atom stereocenters. The minimum Gasteiger partial charge on any atom is -0.387 e. The first-order chi connectivity index (χ1) is 15.6. The fourth-order valence-electron chi connectivity index (χ4n) is 2.45. The molecule has 9 atom stereocenters. The lowest BCUT2D eigenvalue weighted by molar-refractivity contribution is -0.205. The van der Waals surface area contributed by atoms with Crippen LogP contribution in [0.5, 0.6) is 0 Å². The standard InChI is InChI=1S/C6H18O21P6S3/c7-1-2(8)4(22-31(19,34)25-28(10,11)12)6(24-33(21,36)27-30(16,17)18)5(3(1)9)23-32(20,35)26-29(13,14)15/h1-9H,(H,19,34)(H,20,35)(H,21,36)(H2,10,11,12)(H2,13,14,15)(H2,16,17,18)/t1-,2-,3-,4+,5-,6-,31?,32?,33?/m0/s1. The largest absolute Gasteiger partial charge is 0.477 e. The summed E-state index contributed by atoms with van der Waals surface area (Å²) in [4.78, 5) is 53.0. The monoisotopic (exact) mass is 708 g/mol. The fourth-order valence-corrected chi connectivity index (χ4v) is 11.3. The summed E-state index contributed by atoms with van der Waals surface area (Å²) < 4.78 is 95.1. The Kier molecular flexibility index (Phi) is 12.3. The van der Waals surface area contributed by atoms with Crippen molar-refractivity contribution in [3.63, 3.8) is 0 Å². The van der Waals surface area contributed by atoms with Crippen LogP contribution in [0.3, 0.4) is 0 Å². The van der Waals surface area contributed by atoms with Crippen LogP contribution in [0.15, 0.2) is 0 Å². The van der Waals surface area contributed by atoms with Crippen LogP contribution in [-0.2, 0) is 53.9 Å². The van der Waals surface area contributed by atoms with Crippen LogP contribution in [-0.4, -0.2) is 81.3 Å². The summed E-state index contributed by atoms with van der Waals surface area (Å²) in [5.74, 6) is 0. The van der Waals surface area contributed by atoms with Gasteiger partial charge in [0.05, 0.1) is 0 Å². The van der Waals surface area contributed by atoms with E-state index < -0.39 is 80.5 Å². The van der Waals surface area contributed by atoms with E-state index in [1.165, 1.54) is 0 Å².